The van der Waals surface area contributed by atoms with Gasteiger partial charge in [0.2, 0.25) is 0 Å². The van der Waals surface area contributed by atoms with Gasteiger partial charge in [-0.2, -0.15) is 0 Å². The Bertz CT molecular complexity index is 742. The number of carbonyl (C=O) groups is 2. The summed E-state index contributed by atoms with van der Waals surface area (Å²) in [7, 11) is 0. The fourth-order valence-electron chi connectivity index (χ4n) is 3.75. The van der Waals surface area contributed by atoms with Gasteiger partial charge in [-0.3, -0.25) is 14.6 Å². The van der Waals surface area contributed by atoms with E-state index in [1.807, 2.05) is 35.2 Å². The zero-order valence-corrected chi connectivity index (χ0v) is 17.5. The van der Waals surface area contributed by atoms with Crippen LogP contribution in [0.15, 0.2) is 81.0 Å². The average molecular weight is 410 g/mol. The normalized spacial score (nSPS) is 15.5. The van der Waals surface area contributed by atoms with E-state index in [1.165, 1.54) is 4.90 Å². The Hall–Kier alpha value is -2.96. The van der Waals surface area contributed by atoms with Crippen LogP contribution in [0.25, 0.3) is 0 Å². The van der Waals surface area contributed by atoms with Crippen LogP contribution in [-0.4, -0.2) is 72.1 Å². The molecule has 160 valence electrons. The fourth-order valence-corrected chi connectivity index (χ4v) is 3.75. The number of nitrogens with zero attached hydrogens (tertiary/aromatic N) is 3. The number of imide groups is 1. The van der Waals surface area contributed by atoms with E-state index in [4.69, 9.17) is 4.74 Å². The smallest absolute Gasteiger partial charge is 0.416 e. The van der Waals surface area contributed by atoms with Gasteiger partial charge in [0.15, 0.2) is 0 Å². The Morgan fingerprint density at radius 2 is 1.50 bits per heavy atom. The molecule has 0 unspecified atom stereocenters. The van der Waals surface area contributed by atoms with Gasteiger partial charge in [0, 0.05) is 26.2 Å². The number of ether oxygens (including phenoxy) is 1. The van der Waals surface area contributed by atoms with E-state index in [9.17, 15) is 9.59 Å². The van der Waals surface area contributed by atoms with Gasteiger partial charge >= 0.3 is 6.09 Å². The number of carbonyl (C=O) groups excluding carboxylic acids is 2. The molecule has 1 aliphatic heterocycles. The van der Waals surface area contributed by atoms with Crippen LogP contribution in [0.5, 0.6) is 0 Å². The van der Waals surface area contributed by atoms with Gasteiger partial charge < -0.3 is 4.74 Å². The molecule has 6 nitrogen and oxygen atoms in total. The molecule has 1 aromatic rings. The van der Waals surface area contributed by atoms with Crippen LogP contribution in [0.1, 0.15) is 11.6 Å². The SMILES string of the molecule is C=CCN(CC=C)[C@@H](C(=O)N1CCOC1=O)[C@H](c1ccccc1)N(CC=C)CC=C. The number of benzene rings is 1. The number of cyclic esters (lactones) is 1. The minimum absolute atomic E-state index is 0.208. The first-order chi connectivity index (χ1) is 14.6. The van der Waals surface area contributed by atoms with E-state index in [2.05, 4.69) is 31.2 Å². The van der Waals surface area contributed by atoms with Crippen LogP contribution >= 0.6 is 0 Å². The largest absolute Gasteiger partial charge is 0.447 e. The Kier molecular flexibility index (Phi) is 9.25. The van der Waals surface area contributed by atoms with Crippen LogP contribution in [0.2, 0.25) is 0 Å². The summed E-state index contributed by atoms with van der Waals surface area (Å²) in [5, 5.41) is 0. The summed E-state index contributed by atoms with van der Waals surface area (Å²) >= 11 is 0. The minimum atomic E-state index is -0.658. The van der Waals surface area contributed by atoms with E-state index in [-0.39, 0.29) is 25.1 Å². The molecule has 1 aliphatic rings. The third kappa shape index (κ3) is 5.55. The van der Waals surface area contributed by atoms with Crippen molar-refractivity contribution in [3.63, 3.8) is 0 Å². The molecule has 0 bridgehead atoms. The Balaban J connectivity index is 2.62. The van der Waals surface area contributed by atoms with Crippen molar-refractivity contribution >= 4 is 12.0 Å². The van der Waals surface area contributed by atoms with Gasteiger partial charge in [0.25, 0.3) is 5.91 Å². The highest BCUT2D eigenvalue weighted by Gasteiger charge is 2.42. The molecule has 1 aromatic carbocycles. The topological polar surface area (TPSA) is 53.1 Å². The predicted molar refractivity (Wildman–Crippen MR) is 120 cm³/mol. The zero-order chi connectivity index (χ0) is 21.9. The molecule has 1 heterocycles. The lowest BCUT2D eigenvalue weighted by molar-refractivity contribution is -0.136. The van der Waals surface area contributed by atoms with Gasteiger partial charge in [-0.25, -0.2) is 9.69 Å². The summed E-state index contributed by atoms with van der Waals surface area (Å²) in [5.74, 6) is -0.298. The van der Waals surface area contributed by atoms with Crippen molar-refractivity contribution in [1.29, 1.82) is 0 Å². The molecule has 0 radical (unpaired) electrons. The average Bonchev–Trinajstić information content (AvgIpc) is 3.18. The standard InChI is InChI=1S/C24H31N3O3/c1-5-14-25(15-6-2)21(20-12-10-9-11-13-20)22(26(16-7-3)17-8-4)23(28)27-18-19-30-24(27)29/h5-13,21-22H,1-4,14-19H2/t21-,22+/m0/s1. The predicted octanol–water partition coefficient (Wildman–Crippen LogP) is 3.42. The zero-order valence-electron chi connectivity index (χ0n) is 17.5. The Morgan fingerprint density at radius 1 is 0.967 bits per heavy atom. The maximum atomic E-state index is 13.7. The van der Waals surface area contributed by atoms with E-state index >= 15 is 0 Å². The molecule has 0 aliphatic carbocycles. The van der Waals surface area contributed by atoms with E-state index in [0.717, 1.165) is 5.56 Å². The van der Waals surface area contributed by atoms with Crippen molar-refractivity contribution in [2.24, 2.45) is 0 Å². The number of hydrogen-bond donors (Lipinski definition) is 0. The molecule has 0 saturated carbocycles. The summed E-state index contributed by atoms with van der Waals surface area (Å²) in [6.07, 6.45) is 6.50. The maximum absolute atomic E-state index is 13.7. The lowest BCUT2D eigenvalue weighted by atomic mass is 9.94. The summed E-state index contributed by atoms with van der Waals surface area (Å²) in [6, 6.07) is 8.81. The fraction of sp³-hybridized carbons (Fsp3) is 0.333. The molecular weight excluding hydrogens is 378 g/mol. The lowest BCUT2D eigenvalue weighted by Gasteiger charge is -2.41. The molecule has 2 amide bonds. The third-order valence-electron chi connectivity index (χ3n) is 4.96. The van der Waals surface area contributed by atoms with Crippen molar-refractivity contribution < 1.29 is 14.3 Å². The number of rotatable bonds is 13. The first-order valence-corrected chi connectivity index (χ1v) is 10.0. The van der Waals surface area contributed by atoms with Gasteiger partial charge in [0.1, 0.15) is 12.6 Å². The van der Waals surface area contributed by atoms with Crippen molar-refractivity contribution in [3.8, 4) is 0 Å². The molecular formula is C24H31N3O3. The van der Waals surface area contributed by atoms with Crippen molar-refractivity contribution in [2.45, 2.75) is 12.1 Å². The van der Waals surface area contributed by atoms with Gasteiger partial charge in [0.05, 0.1) is 12.6 Å². The second-order valence-corrected chi connectivity index (χ2v) is 6.97. The minimum Gasteiger partial charge on any atom is -0.447 e. The summed E-state index contributed by atoms with van der Waals surface area (Å²) in [6.45, 7) is 17.9. The van der Waals surface area contributed by atoms with E-state index in [0.29, 0.717) is 26.2 Å². The second-order valence-electron chi connectivity index (χ2n) is 6.97. The summed E-state index contributed by atoms with van der Waals surface area (Å²) < 4.78 is 5.04. The first-order valence-electron chi connectivity index (χ1n) is 10.0. The quantitative estimate of drug-likeness (QED) is 0.467. The molecule has 6 heteroatoms. The molecule has 30 heavy (non-hydrogen) atoms. The molecule has 0 N–H and O–H groups in total. The van der Waals surface area contributed by atoms with Crippen molar-refractivity contribution in [2.75, 3.05) is 39.3 Å². The highest BCUT2D eigenvalue weighted by Crippen LogP contribution is 2.30. The monoisotopic (exact) mass is 409 g/mol. The Morgan fingerprint density at radius 3 is 1.97 bits per heavy atom. The molecule has 0 aromatic heterocycles. The molecule has 1 fully saturated rings. The van der Waals surface area contributed by atoms with Gasteiger partial charge in [-0.1, -0.05) is 54.6 Å². The first kappa shape index (κ1) is 23.3. The summed E-state index contributed by atoms with van der Waals surface area (Å²) in [5.41, 5.74) is 0.963. The van der Waals surface area contributed by atoms with Crippen LogP contribution in [0.4, 0.5) is 4.79 Å². The van der Waals surface area contributed by atoms with Crippen LogP contribution in [0, 0.1) is 0 Å². The lowest BCUT2D eigenvalue weighted by Crippen LogP contribution is -2.55. The van der Waals surface area contributed by atoms with E-state index in [1.54, 1.807) is 24.3 Å². The van der Waals surface area contributed by atoms with Crippen LogP contribution in [0.3, 0.4) is 0 Å². The second kappa shape index (κ2) is 11.9. The van der Waals surface area contributed by atoms with Crippen molar-refractivity contribution in [3.05, 3.63) is 86.5 Å². The third-order valence-corrected chi connectivity index (χ3v) is 4.96. The number of hydrogen-bond acceptors (Lipinski definition) is 5. The highest BCUT2D eigenvalue weighted by atomic mass is 16.6. The number of amides is 2. The summed E-state index contributed by atoms with van der Waals surface area (Å²) in [4.78, 5) is 31.2. The maximum Gasteiger partial charge on any atom is 0.416 e. The van der Waals surface area contributed by atoms with Gasteiger partial charge in [-0.05, 0) is 5.56 Å². The molecule has 2 atom stereocenters. The van der Waals surface area contributed by atoms with Crippen LogP contribution < -0.4 is 0 Å². The van der Waals surface area contributed by atoms with Gasteiger partial charge in [-0.15, -0.1) is 26.3 Å². The molecule has 1 saturated heterocycles. The van der Waals surface area contributed by atoms with Crippen LogP contribution in [-0.2, 0) is 9.53 Å². The van der Waals surface area contributed by atoms with Crippen molar-refractivity contribution in [1.82, 2.24) is 14.7 Å². The van der Waals surface area contributed by atoms with E-state index < -0.39 is 12.1 Å². The Labute approximate surface area is 179 Å². The molecule has 0 spiro atoms. The highest BCUT2D eigenvalue weighted by molar-refractivity contribution is 5.96. The molecule has 2 rings (SSSR count).